The Morgan fingerprint density at radius 3 is 2.59 bits per heavy atom. The Labute approximate surface area is 203 Å². The summed E-state index contributed by atoms with van der Waals surface area (Å²) in [7, 11) is 1.74. The highest BCUT2D eigenvalue weighted by Crippen LogP contribution is 2.32. The molecule has 0 aliphatic carbocycles. The lowest BCUT2D eigenvalue weighted by atomic mass is 10.0. The summed E-state index contributed by atoms with van der Waals surface area (Å²) >= 11 is 3.68. The van der Waals surface area contributed by atoms with Gasteiger partial charge in [0.05, 0.1) is 12.6 Å². The number of hydrogen-bond acceptors (Lipinski definition) is 3. The molecule has 1 aliphatic heterocycles. The standard InChI is InChI=1S/C25H26BrN3O2.ClH/c1-16(27-2)24(30)28-21-14-13-17-7-3-4-12-22(17)29(25(21)31)15-19-10-5-8-18-9-6-11-20(26)23(18)19;/h3-12,16,21,27H,13-15H2,1-2H3,(H,28,30);1H/t16-,21-;/m0./s1. The molecule has 0 aromatic heterocycles. The number of nitrogens with one attached hydrogen (secondary N) is 2. The number of amides is 2. The van der Waals surface area contributed by atoms with E-state index in [1.54, 1.807) is 14.0 Å². The molecule has 5 nitrogen and oxygen atoms in total. The van der Waals surface area contributed by atoms with E-state index in [2.05, 4.69) is 50.8 Å². The average Bonchev–Trinajstić information content (AvgIpc) is 2.91. The molecule has 0 saturated carbocycles. The van der Waals surface area contributed by atoms with Gasteiger partial charge in [0.2, 0.25) is 11.8 Å². The molecule has 3 aromatic rings. The molecule has 2 amide bonds. The van der Waals surface area contributed by atoms with Crippen LogP contribution < -0.4 is 15.5 Å². The summed E-state index contributed by atoms with van der Waals surface area (Å²) in [6.07, 6.45) is 1.31. The van der Waals surface area contributed by atoms with Crippen molar-refractivity contribution < 1.29 is 9.59 Å². The molecule has 0 spiro atoms. The molecule has 32 heavy (non-hydrogen) atoms. The summed E-state index contributed by atoms with van der Waals surface area (Å²) in [6, 6.07) is 19.4. The minimum absolute atomic E-state index is 0. The largest absolute Gasteiger partial charge is 0.343 e. The highest BCUT2D eigenvalue weighted by molar-refractivity contribution is 9.10. The van der Waals surface area contributed by atoms with E-state index in [4.69, 9.17) is 0 Å². The zero-order valence-corrected chi connectivity index (χ0v) is 20.5. The predicted molar refractivity (Wildman–Crippen MR) is 135 cm³/mol. The first-order valence-corrected chi connectivity index (χ1v) is 11.3. The molecule has 7 heteroatoms. The van der Waals surface area contributed by atoms with Gasteiger partial charge in [0.25, 0.3) is 0 Å². The number of nitrogens with zero attached hydrogens (tertiary/aromatic N) is 1. The third kappa shape index (κ3) is 4.82. The number of likely N-dealkylation sites (N-methyl/N-ethyl adjacent to an activating group) is 1. The molecule has 0 unspecified atom stereocenters. The maximum Gasteiger partial charge on any atom is 0.249 e. The molecule has 0 saturated heterocycles. The van der Waals surface area contributed by atoms with Gasteiger partial charge in [0.15, 0.2) is 0 Å². The summed E-state index contributed by atoms with van der Waals surface area (Å²) in [5.74, 6) is -0.245. The van der Waals surface area contributed by atoms with Gasteiger partial charge in [-0.05, 0) is 55.5 Å². The lowest BCUT2D eigenvalue weighted by molar-refractivity contribution is -0.128. The second-order valence-corrected chi connectivity index (χ2v) is 8.77. The molecular formula is C25H27BrClN3O2. The van der Waals surface area contributed by atoms with Crippen LogP contribution in [0.4, 0.5) is 5.69 Å². The van der Waals surface area contributed by atoms with Gasteiger partial charge >= 0.3 is 0 Å². The summed E-state index contributed by atoms with van der Waals surface area (Å²) in [6.45, 7) is 2.22. The lowest BCUT2D eigenvalue weighted by Crippen LogP contribution is -2.52. The fourth-order valence-electron chi connectivity index (χ4n) is 4.11. The Balaban J connectivity index is 0.00000289. The SMILES string of the molecule is CN[C@@H](C)C(=O)N[C@H]1CCc2ccccc2N(Cc2cccc3cccc(Br)c23)C1=O.Cl. The van der Waals surface area contributed by atoms with Crippen LogP contribution in [0, 0.1) is 0 Å². The number of para-hydroxylation sites is 1. The van der Waals surface area contributed by atoms with Crippen LogP contribution in [0.5, 0.6) is 0 Å². The van der Waals surface area contributed by atoms with Crippen LogP contribution in [0.3, 0.4) is 0 Å². The van der Waals surface area contributed by atoms with Crippen molar-refractivity contribution in [2.24, 2.45) is 0 Å². The van der Waals surface area contributed by atoms with Gasteiger partial charge < -0.3 is 15.5 Å². The lowest BCUT2D eigenvalue weighted by Gasteiger charge is -2.27. The highest BCUT2D eigenvalue weighted by Gasteiger charge is 2.32. The van der Waals surface area contributed by atoms with Crippen molar-refractivity contribution in [1.29, 1.82) is 0 Å². The van der Waals surface area contributed by atoms with Crippen LogP contribution in [-0.2, 0) is 22.6 Å². The Morgan fingerprint density at radius 2 is 1.84 bits per heavy atom. The molecule has 1 aliphatic rings. The molecule has 2 N–H and O–H groups in total. The normalized spacial score (nSPS) is 16.7. The molecular weight excluding hydrogens is 490 g/mol. The molecule has 3 aromatic carbocycles. The van der Waals surface area contributed by atoms with Crippen molar-refractivity contribution in [3.05, 3.63) is 76.3 Å². The van der Waals surface area contributed by atoms with Gasteiger partial charge in [0.1, 0.15) is 6.04 Å². The van der Waals surface area contributed by atoms with Crippen LogP contribution in [0.2, 0.25) is 0 Å². The number of carbonyl (C=O) groups is 2. The number of fused-ring (bicyclic) bond motifs is 2. The van der Waals surface area contributed by atoms with E-state index in [0.717, 1.165) is 38.5 Å². The van der Waals surface area contributed by atoms with Crippen LogP contribution in [-0.4, -0.2) is 30.9 Å². The minimum atomic E-state index is -0.561. The maximum atomic E-state index is 13.7. The third-order valence-electron chi connectivity index (χ3n) is 5.96. The summed E-state index contributed by atoms with van der Waals surface area (Å²) < 4.78 is 1.00. The first-order valence-electron chi connectivity index (χ1n) is 10.5. The fraction of sp³-hybridized carbons (Fsp3) is 0.280. The number of halogens is 2. The summed E-state index contributed by atoms with van der Waals surface area (Å²) in [4.78, 5) is 28.0. The van der Waals surface area contributed by atoms with E-state index in [1.165, 1.54) is 0 Å². The smallest absolute Gasteiger partial charge is 0.249 e. The van der Waals surface area contributed by atoms with Crippen LogP contribution in [0.1, 0.15) is 24.5 Å². The number of carbonyl (C=O) groups excluding carboxylic acids is 2. The number of anilines is 1. The molecule has 0 radical (unpaired) electrons. The second kappa shape index (κ2) is 10.5. The maximum absolute atomic E-state index is 13.7. The van der Waals surface area contributed by atoms with Crippen molar-refractivity contribution in [3.63, 3.8) is 0 Å². The highest BCUT2D eigenvalue weighted by atomic mass is 79.9. The van der Waals surface area contributed by atoms with Gasteiger partial charge in [-0.2, -0.15) is 0 Å². The van der Waals surface area contributed by atoms with Crippen molar-refractivity contribution in [2.45, 2.75) is 38.4 Å². The fourth-order valence-corrected chi connectivity index (χ4v) is 4.75. The van der Waals surface area contributed by atoms with Gasteiger partial charge in [0, 0.05) is 15.5 Å². The molecule has 0 bridgehead atoms. The van der Waals surface area contributed by atoms with Crippen LogP contribution >= 0.6 is 28.3 Å². The zero-order chi connectivity index (χ0) is 22.0. The minimum Gasteiger partial charge on any atom is -0.343 e. The molecule has 168 valence electrons. The van der Waals surface area contributed by atoms with Gasteiger partial charge in [-0.1, -0.05) is 64.5 Å². The van der Waals surface area contributed by atoms with Crippen molar-refractivity contribution in [2.75, 3.05) is 11.9 Å². The quantitative estimate of drug-likeness (QED) is 0.521. The summed E-state index contributed by atoms with van der Waals surface area (Å²) in [5.41, 5.74) is 3.09. The molecule has 0 fully saturated rings. The van der Waals surface area contributed by atoms with E-state index in [9.17, 15) is 9.59 Å². The van der Waals surface area contributed by atoms with E-state index >= 15 is 0 Å². The Kier molecular flexibility index (Phi) is 7.93. The van der Waals surface area contributed by atoms with Gasteiger partial charge in [-0.15, -0.1) is 12.4 Å². The van der Waals surface area contributed by atoms with Crippen molar-refractivity contribution >= 4 is 56.6 Å². The predicted octanol–water partition coefficient (Wildman–Crippen LogP) is 4.60. The van der Waals surface area contributed by atoms with Crippen molar-refractivity contribution in [3.8, 4) is 0 Å². The molecule has 2 atom stereocenters. The van der Waals surface area contributed by atoms with E-state index < -0.39 is 6.04 Å². The van der Waals surface area contributed by atoms with Gasteiger partial charge in [-0.25, -0.2) is 0 Å². The van der Waals surface area contributed by atoms with E-state index in [-0.39, 0.29) is 30.3 Å². The Hall–Kier alpha value is -2.41. The first-order chi connectivity index (χ1) is 15.0. The van der Waals surface area contributed by atoms with E-state index in [0.29, 0.717) is 13.0 Å². The number of aryl methyl sites for hydroxylation is 1. The number of rotatable bonds is 5. The number of benzene rings is 3. The van der Waals surface area contributed by atoms with Gasteiger partial charge in [-0.3, -0.25) is 9.59 Å². The third-order valence-corrected chi connectivity index (χ3v) is 6.62. The molecule has 4 rings (SSSR count). The topological polar surface area (TPSA) is 61.4 Å². The monoisotopic (exact) mass is 515 g/mol. The van der Waals surface area contributed by atoms with Crippen molar-refractivity contribution in [1.82, 2.24) is 10.6 Å². The molecule has 1 heterocycles. The zero-order valence-electron chi connectivity index (χ0n) is 18.1. The average molecular weight is 517 g/mol. The van der Waals surface area contributed by atoms with Crippen LogP contribution in [0.25, 0.3) is 10.8 Å². The Morgan fingerprint density at radius 1 is 1.12 bits per heavy atom. The number of hydrogen-bond donors (Lipinski definition) is 2. The second-order valence-electron chi connectivity index (χ2n) is 7.92. The van der Waals surface area contributed by atoms with E-state index in [1.807, 2.05) is 41.3 Å². The first kappa shape index (κ1) is 24.2. The Bertz CT molecular complexity index is 1130. The summed E-state index contributed by atoms with van der Waals surface area (Å²) in [5, 5.41) is 8.12. The van der Waals surface area contributed by atoms with Crippen LogP contribution in [0.15, 0.2) is 65.1 Å².